The van der Waals surface area contributed by atoms with Crippen molar-refractivity contribution in [3.05, 3.63) is 80.7 Å². The predicted octanol–water partition coefficient (Wildman–Crippen LogP) is 3.55. The lowest BCUT2D eigenvalue weighted by molar-refractivity contribution is 0.0716. The molecule has 0 aliphatic carbocycles. The van der Waals surface area contributed by atoms with Crippen LogP contribution in [0.2, 0.25) is 5.02 Å². The number of benzene rings is 2. The average Bonchev–Trinajstić information content (AvgIpc) is 2.93. The number of likely N-dealkylation sites (N-methyl/N-ethyl adjacent to an activating group) is 1. The molecular formula is C21H19ClN2O3. The maximum atomic E-state index is 13.2. The van der Waals surface area contributed by atoms with Crippen LogP contribution in [0.25, 0.3) is 11.0 Å². The van der Waals surface area contributed by atoms with E-state index in [1.54, 1.807) is 41.3 Å². The molecule has 2 aromatic carbocycles. The Hall–Kier alpha value is -2.63. The Kier molecular flexibility index (Phi) is 4.50. The third-order valence-electron chi connectivity index (χ3n) is 4.83. The molecule has 0 N–H and O–H groups in total. The van der Waals surface area contributed by atoms with Crippen LogP contribution in [0.1, 0.15) is 27.7 Å². The largest absolute Gasteiger partial charge is 0.450 e. The lowest BCUT2D eigenvalue weighted by atomic mass is 9.98. The number of carbonyl (C=O) groups is 1. The van der Waals surface area contributed by atoms with Gasteiger partial charge in [0.2, 0.25) is 5.76 Å². The Morgan fingerprint density at radius 2 is 1.89 bits per heavy atom. The summed E-state index contributed by atoms with van der Waals surface area (Å²) in [4.78, 5) is 30.0. The molecule has 1 aliphatic rings. The molecule has 0 fully saturated rings. The van der Waals surface area contributed by atoms with E-state index >= 15 is 0 Å². The first-order valence-electron chi connectivity index (χ1n) is 8.74. The number of carbonyl (C=O) groups excluding carboxylic acids is 1. The first kappa shape index (κ1) is 17.8. The molecule has 1 aliphatic heterocycles. The Labute approximate surface area is 161 Å². The normalized spacial score (nSPS) is 16.4. The molecule has 1 atom stereocenters. The number of para-hydroxylation sites is 1. The van der Waals surface area contributed by atoms with Crippen molar-refractivity contribution in [1.29, 1.82) is 0 Å². The van der Waals surface area contributed by atoms with Gasteiger partial charge in [0.1, 0.15) is 5.58 Å². The standard InChI is InChI=1S/C21H19ClN2O3/c1-23(2)10-11-24-18(13-6-5-7-14(22)12-13)17-19(25)15-8-3-4-9-16(15)27-20(17)21(24)26/h3-9,12,18H,10-11H2,1-2H3. The lowest BCUT2D eigenvalue weighted by Crippen LogP contribution is -2.35. The van der Waals surface area contributed by atoms with Crippen LogP contribution in [0.3, 0.4) is 0 Å². The van der Waals surface area contributed by atoms with Gasteiger partial charge in [-0.1, -0.05) is 35.9 Å². The summed E-state index contributed by atoms with van der Waals surface area (Å²) in [5.74, 6) is -0.137. The van der Waals surface area contributed by atoms with Crippen molar-refractivity contribution in [2.75, 3.05) is 27.2 Å². The highest BCUT2D eigenvalue weighted by atomic mass is 35.5. The van der Waals surface area contributed by atoms with E-state index in [9.17, 15) is 9.59 Å². The molecular weight excluding hydrogens is 364 g/mol. The molecule has 4 rings (SSSR count). The summed E-state index contributed by atoms with van der Waals surface area (Å²) in [6, 6.07) is 13.8. The quantitative estimate of drug-likeness (QED) is 0.692. The fourth-order valence-corrected chi connectivity index (χ4v) is 3.73. The number of nitrogens with zero attached hydrogens (tertiary/aromatic N) is 2. The molecule has 1 unspecified atom stereocenters. The van der Waals surface area contributed by atoms with Gasteiger partial charge in [0.05, 0.1) is 17.0 Å². The van der Waals surface area contributed by atoms with Gasteiger partial charge >= 0.3 is 0 Å². The van der Waals surface area contributed by atoms with Crippen LogP contribution in [-0.4, -0.2) is 42.9 Å². The van der Waals surface area contributed by atoms with Crippen molar-refractivity contribution in [2.24, 2.45) is 0 Å². The highest BCUT2D eigenvalue weighted by Gasteiger charge is 2.42. The number of amides is 1. The van der Waals surface area contributed by atoms with Crippen molar-refractivity contribution in [3.63, 3.8) is 0 Å². The predicted molar refractivity (Wildman–Crippen MR) is 105 cm³/mol. The van der Waals surface area contributed by atoms with Gasteiger partial charge in [0.25, 0.3) is 5.91 Å². The molecule has 1 amide bonds. The van der Waals surface area contributed by atoms with E-state index in [4.69, 9.17) is 16.0 Å². The third-order valence-corrected chi connectivity index (χ3v) is 5.06. The van der Waals surface area contributed by atoms with Gasteiger partial charge in [-0.2, -0.15) is 0 Å². The first-order valence-corrected chi connectivity index (χ1v) is 9.12. The second kappa shape index (κ2) is 6.83. The van der Waals surface area contributed by atoms with Crippen molar-refractivity contribution in [3.8, 4) is 0 Å². The lowest BCUT2D eigenvalue weighted by Gasteiger charge is -2.26. The SMILES string of the molecule is CN(C)CCN1C(=O)c2oc3ccccc3c(=O)c2C1c1cccc(Cl)c1. The van der Waals surface area contributed by atoms with Crippen molar-refractivity contribution >= 4 is 28.5 Å². The second-order valence-electron chi connectivity index (χ2n) is 6.93. The van der Waals surface area contributed by atoms with Gasteiger partial charge in [-0.3, -0.25) is 9.59 Å². The fourth-order valence-electron chi connectivity index (χ4n) is 3.53. The summed E-state index contributed by atoms with van der Waals surface area (Å²) in [7, 11) is 3.89. The van der Waals surface area contributed by atoms with E-state index in [1.165, 1.54) is 0 Å². The molecule has 6 heteroatoms. The summed E-state index contributed by atoms with van der Waals surface area (Å²) in [5, 5.41) is 1.04. The van der Waals surface area contributed by atoms with Crippen LogP contribution < -0.4 is 5.43 Å². The van der Waals surface area contributed by atoms with E-state index in [0.29, 0.717) is 34.6 Å². The van der Waals surface area contributed by atoms with Crippen LogP contribution in [-0.2, 0) is 0 Å². The summed E-state index contributed by atoms with van der Waals surface area (Å²) in [5.41, 5.74) is 1.45. The van der Waals surface area contributed by atoms with Crippen molar-refractivity contribution < 1.29 is 9.21 Å². The summed E-state index contributed by atoms with van der Waals surface area (Å²) < 4.78 is 5.88. The molecule has 0 bridgehead atoms. The summed E-state index contributed by atoms with van der Waals surface area (Å²) in [6.45, 7) is 1.15. The van der Waals surface area contributed by atoms with Gasteiger partial charge in [0.15, 0.2) is 5.43 Å². The topological polar surface area (TPSA) is 53.8 Å². The molecule has 1 aromatic heterocycles. The summed E-state index contributed by atoms with van der Waals surface area (Å²) >= 11 is 6.18. The maximum absolute atomic E-state index is 13.2. The number of hydrogen-bond acceptors (Lipinski definition) is 4. The van der Waals surface area contributed by atoms with E-state index in [1.807, 2.05) is 31.1 Å². The summed E-state index contributed by atoms with van der Waals surface area (Å²) in [6.07, 6.45) is 0. The number of halogens is 1. The Balaban J connectivity index is 1.94. The van der Waals surface area contributed by atoms with E-state index in [0.717, 1.165) is 5.56 Å². The molecule has 138 valence electrons. The van der Waals surface area contributed by atoms with Crippen LogP contribution in [0.5, 0.6) is 0 Å². The van der Waals surface area contributed by atoms with E-state index in [2.05, 4.69) is 0 Å². The van der Waals surface area contributed by atoms with Gasteiger partial charge in [-0.05, 0) is 43.9 Å². The second-order valence-corrected chi connectivity index (χ2v) is 7.37. The van der Waals surface area contributed by atoms with Gasteiger partial charge < -0.3 is 14.2 Å². The van der Waals surface area contributed by atoms with Crippen LogP contribution in [0.15, 0.2) is 57.7 Å². The van der Waals surface area contributed by atoms with Crippen LogP contribution in [0, 0.1) is 0 Å². The molecule has 2 heterocycles. The van der Waals surface area contributed by atoms with Gasteiger partial charge in [-0.25, -0.2) is 0 Å². The smallest absolute Gasteiger partial charge is 0.290 e. The van der Waals surface area contributed by atoms with Crippen molar-refractivity contribution in [2.45, 2.75) is 6.04 Å². The Morgan fingerprint density at radius 1 is 1.11 bits per heavy atom. The van der Waals surface area contributed by atoms with E-state index < -0.39 is 6.04 Å². The van der Waals surface area contributed by atoms with Crippen LogP contribution in [0.4, 0.5) is 0 Å². The number of rotatable bonds is 4. The number of fused-ring (bicyclic) bond motifs is 2. The number of hydrogen-bond donors (Lipinski definition) is 0. The Bertz CT molecular complexity index is 1090. The third kappa shape index (κ3) is 3.03. The molecule has 5 nitrogen and oxygen atoms in total. The first-order chi connectivity index (χ1) is 13.0. The molecule has 0 saturated heterocycles. The van der Waals surface area contributed by atoms with Gasteiger partial charge in [0, 0.05) is 18.1 Å². The minimum atomic E-state index is -0.507. The maximum Gasteiger partial charge on any atom is 0.290 e. The molecule has 0 saturated carbocycles. The van der Waals surface area contributed by atoms with Crippen molar-refractivity contribution in [1.82, 2.24) is 9.80 Å². The molecule has 27 heavy (non-hydrogen) atoms. The highest BCUT2D eigenvalue weighted by molar-refractivity contribution is 6.30. The van der Waals surface area contributed by atoms with E-state index in [-0.39, 0.29) is 17.1 Å². The highest BCUT2D eigenvalue weighted by Crippen LogP contribution is 2.38. The van der Waals surface area contributed by atoms with Gasteiger partial charge in [-0.15, -0.1) is 0 Å². The molecule has 0 radical (unpaired) electrons. The minimum Gasteiger partial charge on any atom is -0.450 e. The Morgan fingerprint density at radius 3 is 2.63 bits per heavy atom. The molecule has 0 spiro atoms. The van der Waals surface area contributed by atoms with Crippen LogP contribution >= 0.6 is 11.6 Å². The zero-order chi connectivity index (χ0) is 19.1. The molecule has 3 aromatic rings. The monoisotopic (exact) mass is 382 g/mol. The average molecular weight is 383 g/mol. The fraction of sp³-hybridized carbons (Fsp3) is 0.238. The zero-order valence-electron chi connectivity index (χ0n) is 15.1. The minimum absolute atomic E-state index is 0.127. The zero-order valence-corrected chi connectivity index (χ0v) is 15.9.